The number of carbonyl (C=O) groups is 1. The highest BCUT2D eigenvalue weighted by molar-refractivity contribution is 5.74. The second-order valence-corrected chi connectivity index (χ2v) is 1.62. The molecule has 0 aromatic heterocycles. The standard InChI is InChI=1S/C5H12N2O2/c1-7-2-3-9-4-5(6)8/h7H,2-4H2,1H3,(H2,6,8). The number of nitrogens with one attached hydrogen (secondary N) is 1. The minimum Gasteiger partial charge on any atom is -0.370 e. The molecule has 4 heteroatoms. The smallest absolute Gasteiger partial charge is 0.243 e. The van der Waals surface area contributed by atoms with Crippen molar-refractivity contribution in [2.75, 3.05) is 26.8 Å². The van der Waals surface area contributed by atoms with Gasteiger partial charge in [-0.2, -0.15) is 0 Å². The monoisotopic (exact) mass is 132 g/mol. The summed E-state index contributed by atoms with van der Waals surface area (Å²) in [5.41, 5.74) is 4.79. The van der Waals surface area contributed by atoms with Crippen LogP contribution in [0.2, 0.25) is 0 Å². The van der Waals surface area contributed by atoms with E-state index in [1.54, 1.807) is 0 Å². The quantitative estimate of drug-likeness (QED) is 0.457. The van der Waals surface area contributed by atoms with Crippen molar-refractivity contribution in [1.82, 2.24) is 5.32 Å². The predicted octanol–water partition coefficient (Wildman–Crippen LogP) is -1.29. The Bertz CT molecular complexity index is 85.0. The van der Waals surface area contributed by atoms with Crippen molar-refractivity contribution in [3.05, 3.63) is 0 Å². The third-order valence-electron chi connectivity index (χ3n) is 0.741. The summed E-state index contributed by atoms with van der Waals surface area (Å²) in [6, 6.07) is 0. The van der Waals surface area contributed by atoms with Crippen molar-refractivity contribution in [2.24, 2.45) is 5.73 Å². The van der Waals surface area contributed by atoms with E-state index in [-0.39, 0.29) is 6.61 Å². The highest BCUT2D eigenvalue weighted by Crippen LogP contribution is 1.69. The molecule has 54 valence electrons. The van der Waals surface area contributed by atoms with Crippen molar-refractivity contribution in [3.8, 4) is 0 Å². The van der Waals surface area contributed by atoms with E-state index >= 15 is 0 Å². The molecule has 3 N–H and O–H groups in total. The number of primary amides is 1. The summed E-state index contributed by atoms with van der Waals surface area (Å²) in [4.78, 5) is 10.0. The molecular weight excluding hydrogens is 120 g/mol. The lowest BCUT2D eigenvalue weighted by Crippen LogP contribution is -2.21. The number of likely N-dealkylation sites (N-methyl/N-ethyl adjacent to an activating group) is 1. The van der Waals surface area contributed by atoms with Gasteiger partial charge >= 0.3 is 0 Å². The molecule has 0 saturated carbocycles. The molecule has 0 saturated heterocycles. The molecule has 0 aromatic carbocycles. The molecule has 0 bridgehead atoms. The number of ether oxygens (including phenoxy) is 1. The van der Waals surface area contributed by atoms with Crippen LogP contribution in [-0.4, -0.2) is 32.7 Å². The Morgan fingerprint density at radius 3 is 2.89 bits per heavy atom. The lowest BCUT2D eigenvalue weighted by atomic mass is 10.6. The first kappa shape index (κ1) is 8.39. The van der Waals surface area contributed by atoms with E-state index in [9.17, 15) is 4.79 Å². The van der Waals surface area contributed by atoms with Gasteiger partial charge in [-0.1, -0.05) is 0 Å². The van der Waals surface area contributed by atoms with Crippen LogP contribution in [0.25, 0.3) is 0 Å². The zero-order valence-electron chi connectivity index (χ0n) is 5.52. The fourth-order valence-corrected chi connectivity index (χ4v) is 0.347. The summed E-state index contributed by atoms with van der Waals surface area (Å²) in [6.07, 6.45) is 0. The van der Waals surface area contributed by atoms with Crippen LogP contribution >= 0.6 is 0 Å². The van der Waals surface area contributed by atoms with Crippen molar-refractivity contribution in [3.63, 3.8) is 0 Å². The third-order valence-corrected chi connectivity index (χ3v) is 0.741. The average Bonchev–Trinajstić information content (AvgIpc) is 1.80. The fourth-order valence-electron chi connectivity index (χ4n) is 0.347. The molecule has 9 heavy (non-hydrogen) atoms. The minimum absolute atomic E-state index is 0.0156. The summed E-state index contributed by atoms with van der Waals surface area (Å²) in [5.74, 6) is -0.425. The summed E-state index contributed by atoms with van der Waals surface area (Å²) >= 11 is 0. The summed E-state index contributed by atoms with van der Waals surface area (Å²) in [5, 5.41) is 2.86. The Morgan fingerprint density at radius 1 is 1.78 bits per heavy atom. The molecule has 0 fully saturated rings. The van der Waals surface area contributed by atoms with E-state index in [0.717, 1.165) is 6.54 Å². The van der Waals surface area contributed by atoms with E-state index in [0.29, 0.717) is 6.61 Å². The Morgan fingerprint density at radius 2 is 2.44 bits per heavy atom. The number of nitrogens with two attached hydrogens (primary N) is 1. The Labute approximate surface area is 54.4 Å². The fraction of sp³-hybridized carbons (Fsp3) is 0.800. The van der Waals surface area contributed by atoms with Gasteiger partial charge in [-0.05, 0) is 7.05 Å². The number of rotatable bonds is 5. The van der Waals surface area contributed by atoms with Gasteiger partial charge in [0.2, 0.25) is 5.91 Å². The maximum atomic E-state index is 10.0. The van der Waals surface area contributed by atoms with Crippen LogP contribution in [0.1, 0.15) is 0 Å². The van der Waals surface area contributed by atoms with Gasteiger partial charge in [-0.15, -0.1) is 0 Å². The molecule has 0 heterocycles. The maximum Gasteiger partial charge on any atom is 0.243 e. The zero-order valence-corrected chi connectivity index (χ0v) is 5.52. The Hall–Kier alpha value is -0.610. The van der Waals surface area contributed by atoms with Crippen molar-refractivity contribution in [2.45, 2.75) is 0 Å². The van der Waals surface area contributed by atoms with Crippen molar-refractivity contribution < 1.29 is 9.53 Å². The van der Waals surface area contributed by atoms with Crippen LogP contribution < -0.4 is 11.1 Å². The van der Waals surface area contributed by atoms with Gasteiger partial charge < -0.3 is 15.8 Å². The van der Waals surface area contributed by atoms with Crippen LogP contribution in [-0.2, 0) is 9.53 Å². The third kappa shape index (κ3) is 7.39. The van der Waals surface area contributed by atoms with Gasteiger partial charge in [0.1, 0.15) is 6.61 Å². The van der Waals surface area contributed by atoms with Crippen LogP contribution in [0.15, 0.2) is 0 Å². The second-order valence-electron chi connectivity index (χ2n) is 1.62. The molecule has 0 aliphatic carbocycles. The number of carbonyl (C=O) groups excluding carboxylic acids is 1. The van der Waals surface area contributed by atoms with Gasteiger partial charge in [-0.3, -0.25) is 4.79 Å². The lowest BCUT2D eigenvalue weighted by Gasteiger charge is -1.98. The van der Waals surface area contributed by atoms with Crippen LogP contribution in [0, 0.1) is 0 Å². The number of hydrogen-bond acceptors (Lipinski definition) is 3. The first-order chi connectivity index (χ1) is 4.27. The van der Waals surface area contributed by atoms with Gasteiger partial charge in [0.25, 0.3) is 0 Å². The molecule has 4 nitrogen and oxygen atoms in total. The SMILES string of the molecule is CNCCOCC(N)=O. The van der Waals surface area contributed by atoms with Gasteiger partial charge in [0, 0.05) is 6.54 Å². The highest BCUT2D eigenvalue weighted by atomic mass is 16.5. The molecule has 0 unspecified atom stereocenters. The molecule has 0 spiro atoms. The summed E-state index contributed by atoms with van der Waals surface area (Å²) < 4.78 is 4.80. The molecule has 0 atom stereocenters. The topological polar surface area (TPSA) is 64.3 Å². The molecule has 1 amide bonds. The summed E-state index contributed by atoms with van der Waals surface area (Å²) in [7, 11) is 1.81. The van der Waals surface area contributed by atoms with Gasteiger partial charge in [0.15, 0.2) is 0 Å². The van der Waals surface area contributed by atoms with E-state index in [1.165, 1.54) is 0 Å². The summed E-state index contributed by atoms with van der Waals surface area (Å²) in [6.45, 7) is 1.29. The first-order valence-electron chi connectivity index (χ1n) is 2.78. The molecular formula is C5H12N2O2. The molecule has 0 rings (SSSR count). The molecule has 0 aromatic rings. The number of hydrogen-bond donors (Lipinski definition) is 2. The van der Waals surface area contributed by atoms with E-state index < -0.39 is 5.91 Å². The van der Waals surface area contributed by atoms with E-state index in [4.69, 9.17) is 10.5 Å². The second kappa shape index (κ2) is 5.53. The Balaban J connectivity index is 2.83. The largest absolute Gasteiger partial charge is 0.370 e. The van der Waals surface area contributed by atoms with Crippen molar-refractivity contribution in [1.29, 1.82) is 0 Å². The predicted molar refractivity (Wildman–Crippen MR) is 33.9 cm³/mol. The average molecular weight is 132 g/mol. The lowest BCUT2D eigenvalue weighted by molar-refractivity contribution is -0.122. The normalized spacial score (nSPS) is 9.44. The maximum absolute atomic E-state index is 10.0. The van der Waals surface area contributed by atoms with Crippen LogP contribution in [0.5, 0.6) is 0 Å². The van der Waals surface area contributed by atoms with Crippen molar-refractivity contribution >= 4 is 5.91 Å². The minimum atomic E-state index is -0.425. The van der Waals surface area contributed by atoms with E-state index in [1.807, 2.05) is 7.05 Å². The molecule has 0 radical (unpaired) electrons. The van der Waals surface area contributed by atoms with Crippen LogP contribution in [0.3, 0.4) is 0 Å². The highest BCUT2D eigenvalue weighted by Gasteiger charge is 1.90. The van der Waals surface area contributed by atoms with Crippen LogP contribution in [0.4, 0.5) is 0 Å². The first-order valence-corrected chi connectivity index (χ1v) is 2.78. The van der Waals surface area contributed by atoms with Gasteiger partial charge in [-0.25, -0.2) is 0 Å². The molecule has 0 aliphatic rings. The number of amides is 1. The van der Waals surface area contributed by atoms with Gasteiger partial charge in [0.05, 0.1) is 6.61 Å². The molecule has 0 aliphatic heterocycles. The van der Waals surface area contributed by atoms with E-state index in [2.05, 4.69) is 5.32 Å². The zero-order chi connectivity index (χ0) is 7.11. The Kier molecular flexibility index (Phi) is 5.15.